The van der Waals surface area contributed by atoms with E-state index in [1.165, 1.54) is 0 Å². The highest BCUT2D eigenvalue weighted by Crippen LogP contribution is 2.48. The van der Waals surface area contributed by atoms with Crippen molar-refractivity contribution in [2.24, 2.45) is 0 Å². The predicted octanol–water partition coefficient (Wildman–Crippen LogP) is 6.00. The molecule has 2 aliphatic heterocycles. The van der Waals surface area contributed by atoms with E-state index in [2.05, 4.69) is 37.2 Å². The molecule has 2 aromatic rings. The molecule has 0 bridgehead atoms. The molecule has 0 saturated carbocycles. The lowest BCUT2D eigenvalue weighted by atomic mass is 9.80. The molecule has 4 rings (SSSR count). The van der Waals surface area contributed by atoms with Crippen molar-refractivity contribution < 1.29 is 50.3 Å². The molecule has 0 saturated heterocycles. The van der Waals surface area contributed by atoms with E-state index in [4.69, 9.17) is 0 Å². The minimum Gasteiger partial charge on any atom is -0.481 e. The molecule has 53 heavy (non-hydrogen) atoms. The van der Waals surface area contributed by atoms with Gasteiger partial charge in [-0.05, 0) is 68.0 Å². The van der Waals surface area contributed by atoms with Gasteiger partial charge in [-0.2, -0.15) is 21.4 Å². The molecule has 4 N–H and O–H groups in total. The van der Waals surface area contributed by atoms with Gasteiger partial charge in [0.2, 0.25) is 5.69 Å². The molecule has 2 aromatic carbocycles. The number of unbranched alkanes of at least 4 members (excludes halogenated alkanes) is 2. The Morgan fingerprint density at radius 2 is 1.26 bits per heavy atom. The first-order chi connectivity index (χ1) is 24.7. The Kier molecular flexibility index (Phi) is 13.1. The van der Waals surface area contributed by atoms with Gasteiger partial charge in [0.1, 0.15) is 6.54 Å². The molecular weight excluding hydrogens is 721 g/mol. The first kappa shape index (κ1) is 41.4. The molecule has 0 aromatic heterocycles. The van der Waals surface area contributed by atoms with Gasteiger partial charge >= 0.3 is 11.9 Å². The number of allylic oxidation sites excluding steroid dienone is 8. The van der Waals surface area contributed by atoms with Gasteiger partial charge in [-0.3, -0.25) is 18.7 Å². The van der Waals surface area contributed by atoms with Gasteiger partial charge in [-0.1, -0.05) is 62.4 Å². The summed E-state index contributed by atoms with van der Waals surface area (Å²) in [6, 6.07) is 11.2. The van der Waals surface area contributed by atoms with E-state index >= 15 is 0 Å². The number of carbonyl (C=O) groups is 2. The maximum absolute atomic E-state index is 11.4. The van der Waals surface area contributed by atoms with Gasteiger partial charge in [0.05, 0.1) is 29.8 Å². The molecule has 0 amide bonds. The molecule has 0 radical (unpaired) electrons. The fraction of sp³-hybridized carbons (Fsp3) is 0.410. The minimum atomic E-state index is -4.07. The number of hydrogen-bond acceptors (Lipinski definition) is 7. The van der Waals surface area contributed by atoms with E-state index < -0.39 is 43.0 Å². The summed E-state index contributed by atoms with van der Waals surface area (Å²) in [6.45, 7) is 9.25. The molecule has 12 nitrogen and oxygen atoms in total. The number of carboxylic acid groups (broad SMARTS) is 2. The molecule has 2 aliphatic rings. The van der Waals surface area contributed by atoms with E-state index in [-0.39, 0.29) is 37.2 Å². The molecular formula is C39H49N2O10S2+. The Labute approximate surface area is 312 Å². The zero-order valence-corrected chi connectivity index (χ0v) is 32.2. The molecule has 0 fully saturated rings. The van der Waals surface area contributed by atoms with Crippen LogP contribution in [0, 0.1) is 0 Å². The van der Waals surface area contributed by atoms with Crippen LogP contribution in [0.1, 0.15) is 75.6 Å². The second-order valence-electron chi connectivity index (χ2n) is 14.4. The number of rotatable bonds is 18. The van der Waals surface area contributed by atoms with Crippen LogP contribution in [0.3, 0.4) is 0 Å². The molecule has 0 aliphatic carbocycles. The number of hydrogen-bond donors (Lipinski definition) is 4. The molecule has 0 unspecified atom stereocenters. The molecule has 0 spiro atoms. The number of aliphatic carboxylic acids is 2. The fourth-order valence-corrected chi connectivity index (χ4v) is 8.23. The van der Waals surface area contributed by atoms with Crippen LogP contribution in [-0.2, 0) is 53.5 Å². The van der Waals surface area contributed by atoms with E-state index in [1.807, 2.05) is 66.8 Å². The summed E-state index contributed by atoms with van der Waals surface area (Å²) < 4.78 is 65.6. The number of carboxylic acids is 2. The Morgan fingerprint density at radius 1 is 0.717 bits per heavy atom. The van der Waals surface area contributed by atoms with Crippen molar-refractivity contribution in [2.75, 3.05) is 29.5 Å². The Bertz CT molecular complexity index is 2110. The summed E-state index contributed by atoms with van der Waals surface area (Å²) in [4.78, 5) is 24.9. The SMILES string of the molecule is CC1(C)C(=CC=CC=CC=CC2=[N+](CCCCS(=O)(=O)O)c3ccc(CC(=O)O)cc3C2(C)C)N(CCCCS(=O)(=O)O)c2ccc(CC(=O)O)cc21. The molecule has 286 valence electrons. The van der Waals surface area contributed by atoms with Crippen LogP contribution in [0.15, 0.2) is 84.6 Å². The number of anilines is 1. The van der Waals surface area contributed by atoms with Gasteiger partial charge in [-0.25, -0.2) is 0 Å². The normalized spacial score (nSPS) is 17.5. The van der Waals surface area contributed by atoms with Gasteiger partial charge < -0.3 is 15.1 Å². The van der Waals surface area contributed by atoms with Crippen LogP contribution in [0.25, 0.3) is 0 Å². The zero-order chi connectivity index (χ0) is 39.2. The summed E-state index contributed by atoms with van der Waals surface area (Å²) in [5, 5.41) is 18.7. The zero-order valence-electron chi connectivity index (χ0n) is 30.5. The predicted molar refractivity (Wildman–Crippen MR) is 206 cm³/mol. The third-order valence-corrected chi connectivity index (χ3v) is 11.3. The smallest absolute Gasteiger partial charge is 0.307 e. The van der Waals surface area contributed by atoms with E-state index in [0.717, 1.165) is 33.9 Å². The first-order valence-electron chi connectivity index (χ1n) is 17.5. The van der Waals surface area contributed by atoms with E-state index in [9.17, 15) is 45.7 Å². The molecule has 2 heterocycles. The van der Waals surface area contributed by atoms with Crippen molar-refractivity contribution >= 4 is 49.3 Å². The average Bonchev–Trinajstić information content (AvgIpc) is 3.37. The number of nitrogens with zero attached hydrogens (tertiary/aromatic N) is 2. The van der Waals surface area contributed by atoms with Gasteiger partial charge in [0.15, 0.2) is 5.71 Å². The Balaban J connectivity index is 1.57. The highest BCUT2D eigenvalue weighted by molar-refractivity contribution is 7.86. The topological polar surface area (TPSA) is 190 Å². The number of fused-ring (bicyclic) bond motifs is 2. The van der Waals surface area contributed by atoms with Crippen LogP contribution in [0.2, 0.25) is 0 Å². The highest BCUT2D eigenvalue weighted by Gasteiger charge is 2.44. The van der Waals surface area contributed by atoms with Crippen LogP contribution in [0.4, 0.5) is 11.4 Å². The van der Waals surface area contributed by atoms with E-state index in [1.54, 1.807) is 12.1 Å². The third kappa shape index (κ3) is 10.8. The summed E-state index contributed by atoms with van der Waals surface area (Å²) in [6.07, 6.45) is 14.8. The largest absolute Gasteiger partial charge is 0.481 e. The quantitative estimate of drug-likeness (QED) is 0.0602. The lowest BCUT2D eigenvalue weighted by Crippen LogP contribution is -2.28. The van der Waals surface area contributed by atoms with Gasteiger partial charge in [-0.15, -0.1) is 0 Å². The lowest BCUT2D eigenvalue weighted by Gasteiger charge is -2.27. The van der Waals surface area contributed by atoms with Crippen molar-refractivity contribution in [1.82, 2.24) is 0 Å². The summed E-state index contributed by atoms with van der Waals surface area (Å²) in [7, 11) is -8.14. The van der Waals surface area contributed by atoms with E-state index in [0.29, 0.717) is 37.1 Å². The third-order valence-electron chi connectivity index (χ3n) is 9.64. The molecule has 14 heteroatoms. The summed E-state index contributed by atoms with van der Waals surface area (Å²) in [5.41, 5.74) is 6.12. The Hall–Kier alpha value is -4.37. The minimum absolute atomic E-state index is 0.102. The lowest BCUT2D eigenvalue weighted by molar-refractivity contribution is -0.438. The highest BCUT2D eigenvalue weighted by atomic mass is 32.2. The van der Waals surface area contributed by atoms with Crippen LogP contribution in [-0.4, -0.2) is 83.0 Å². The van der Waals surface area contributed by atoms with Crippen LogP contribution < -0.4 is 4.90 Å². The first-order valence-corrected chi connectivity index (χ1v) is 20.7. The van der Waals surface area contributed by atoms with Gasteiger partial charge in [0.25, 0.3) is 20.2 Å². The van der Waals surface area contributed by atoms with Crippen molar-refractivity contribution in [1.29, 1.82) is 0 Å². The van der Waals surface area contributed by atoms with Crippen molar-refractivity contribution in [3.8, 4) is 0 Å². The fourth-order valence-electron chi connectivity index (χ4n) is 7.09. The maximum Gasteiger partial charge on any atom is 0.307 e. The van der Waals surface area contributed by atoms with Crippen molar-refractivity contribution in [3.05, 3.63) is 107 Å². The molecule has 0 atom stereocenters. The average molecular weight is 770 g/mol. The second kappa shape index (κ2) is 16.8. The van der Waals surface area contributed by atoms with Crippen LogP contribution in [0.5, 0.6) is 0 Å². The van der Waals surface area contributed by atoms with Crippen molar-refractivity contribution in [2.45, 2.75) is 77.0 Å². The summed E-state index contributed by atoms with van der Waals surface area (Å²) >= 11 is 0. The second-order valence-corrected chi connectivity index (χ2v) is 17.6. The monoisotopic (exact) mass is 769 g/mol. The Morgan fingerprint density at radius 3 is 1.87 bits per heavy atom. The number of benzene rings is 2. The maximum atomic E-state index is 11.4. The van der Waals surface area contributed by atoms with Gasteiger partial charge in [0, 0.05) is 47.5 Å². The van der Waals surface area contributed by atoms with Crippen molar-refractivity contribution in [3.63, 3.8) is 0 Å². The van der Waals surface area contributed by atoms with Crippen LogP contribution >= 0.6 is 0 Å². The standard InChI is InChI=1S/C39H48N2O10S2/c1-38(2)30-24-28(26-36(42)43)16-18-32(30)40(20-10-12-22-52(46,47)48)34(38)14-8-6-5-7-9-15-35-39(3,4)31-25-29(27-37(44)45)17-19-33(31)41(35)21-11-13-23-53(49,50)51/h5-9,14-19,24-25H,10-13,20-23,26-27H2,1-4H3,(H3-,42,43,44,45,46,47,48,49,50,51)/p+1. The summed E-state index contributed by atoms with van der Waals surface area (Å²) in [5.74, 6) is -2.50.